The number of aliphatic carboxylic acids is 1. The van der Waals surface area contributed by atoms with E-state index >= 15 is 0 Å². The lowest BCUT2D eigenvalue weighted by atomic mass is 9.38. The molecular weight excluding hydrogens is 532 g/mol. The van der Waals surface area contributed by atoms with E-state index in [-0.39, 0.29) is 33.7 Å². The van der Waals surface area contributed by atoms with Gasteiger partial charge in [0.1, 0.15) is 18.3 Å². The number of aliphatic hydroxyl groups excluding tert-OH is 3. The van der Waals surface area contributed by atoms with Gasteiger partial charge in [-0.2, -0.15) is 0 Å². The third kappa shape index (κ3) is 4.34. The van der Waals surface area contributed by atoms with Crippen LogP contribution in [0.5, 0.6) is 0 Å². The topological polar surface area (TPSA) is 116 Å². The van der Waals surface area contributed by atoms with Gasteiger partial charge in [-0.15, -0.1) is 0 Å². The van der Waals surface area contributed by atoms with Crippen molar-refractivity contribution in [1.29, 1.82) is 0 Å². The van der Waals surface area contributed by atoms with E-state index in [2.05, 4.69) is 41.5 Å². The number of carboxylic acids is 1. The fourth-order valence-electron chi connectivity index (χ4n) is 11.8. The second-order valence-electron chi connectivity index (χ2n) is 17.2. The highest BCUT2D eigenvalue weighted by atomic mass is 16.7. The number of hydrogen-bond acceptors (Lipinski definition) is 6. The minimum Gasteiger partial charge on any atom is -0.481 e. The molecule has 3 saturated carbocycles. The Morgan fingerprint density at radius 3 is 2.24 bits per heavy atom. The van der Waals surface area contributed by atoms with Crippen LogP contribution in [-0.4, -0.2) is 63.2 Å². The number of hydrogen-bond donors (Lipinski definition) is 4. The molecule has 12 atom stereocenters. The Bertz CT molecular complexity index is 1130. The summed E-state index contributed by atoms with van der Waals surface area (Å²) >= 11 is 0. The molecule has 7 nitrogen and oxygen atoms in total. The number of ether oxygens (including phenoxy) is 2. The van der Waals surface area contributed by atoms with Crippen LogP contribution in [0.2, 0.25) is 0 Å². The minimum atomic E-state index is -1.29. The minimum absolute atomic E-state index is 0.104. The lowest BCUT2D eigenvalue weighted by Gasteiger charge is -2.67. The van der Waals surface area contributed by atoms with Crippen molar-refractivity contribution in [3.8, 4) is 0 Å². The van der Waals surface area contributed by atoms with Gasteiger partial charge in [0.05, 0.1) is 17.6 Å². The van der Waals surface area contributed by atoms with Crippen LogP contribution >= 0.6 is 0 Å². The van der Waals surface area contributed by atoms with Crippen molar-refractivity contribution >= 4 is 5.97 Å². The number of carboxylic acid groups (broad SMARTS) is 1. The Hall–Kier alpha value is -0.990. The fraction of sp³-hybridized carbons (Fsp3) is 0.914. The zero-order valence-electron chi connectivity index (χ0n) is 27.0. The third-order valence-corrected chi connectivity index (χ3v) is 14.2. The number of fused-ring (bicyclic) bond motifs is 6. The number of rotatable bonds is 3. The monoisotopic (exact) mass is 588 g/mol. The highest BCUT2D eigenvalue weighted by molar-refractivity contribution is 5.76. The van der Waals surface area contributed by atoms with E-state index in [0.717, 1.165) is 70.6 Å². The maximum Gasteiger partial charge on any atom is 0.310 e. The Morgan fingerprint density at radius 1 is 0.833 bits per heavy atom. The van der Waals surface area contributed by atoms with E-state index in [1.165, 1.54) is 5.57 Å². The maximum absolute atomic E-state index is 12.8. The van der Waals surface area contributed by atoms with Crippen LogP contribution < -0.4 is 0 Å². The normalized spacial score (nSPS) is 51.5. The van der Waals surface area contributed by atoms with Gasteiger partial charge in [-0.1, -0.05) is 52.7 Å². The summed E-state index contributed by atoms with van der Waals surface area (Å²) in [6.07, 6.45) is 5.38. The molecule has 1 heterocycles. The summed E-state index contributed by atoms with van der Waals surface area (Å²) in [5.74, 6) is 0.587. The predicted molar refractivity (Wildman–Crippen MR) is 159 cm³/mol. The van der Waals surface area contributed by atoms with Crippen LogP contribution in [0.1, 0.15) is 119 Å². The van der Waals surface area contributed by atoms with Crippen LogP contribution in [0.25, 0.3) is 0 Å². The molecular formula is C35H56O7. The molecule has 1 aliphatic heterocycles. The zero-order chi connectivity index (χ0) is 30.6. The van der Waals surface area contributed by atoms with Gasteiger partial charge in [-0.05, 0) is 117 Å². The van der Waals surface area contributed by atoms with Gasteiger partial charge in [0.25, 0.3) is 0 Å². The first kappa shape index (κ1) is 31.0. The van der Waals surface area contributed by atoms with Gasteiger partial charge >= 0.3 is 5.97 Å². The summed E-state index contributed by atoms with van der Waals surface area (Å²) in [6.45, 7) is 16.0. The molecule has 0 unspecified atom stereocenters. The maximum atomic E-state index is 12.8. The molecule has 1 saturated heterocycles. The molecule has 6 rings (SSSR count). The first-order valence-corrected chi connectivity index (χ1v) is 16.8. The molecule has 0 spiro atoms. The highest BCUT2D eigenvalue weighted by Gasteiger charge is 2.65. The van der Waals surface area contributed by atoms with Gasteiger partial charge in [0.15, 0.2) is 6.29 Å². The van der Waals surface area contributed by atoms with Crippen molar-refractivity contribution in [2.75, 3.05) is 0 Å². The number of allylic oxidation sites excluding steroid dienone is 2. The third-order valence-electron chi connectivity index (χ3n) is 14.2. The molecule has 4 fully saturated rings. The molecule has 238 valence electrons. The van der Waals surface area contributed by atoms with Crippen molar-refractivity contribution in [3.63, 3.8) is 0 Å². The summed E-state index contributed by atoms with van der Waals surface area (Å²) in [6, 6.07) is 0. The summed E-state index contributed by atoms with van der Waals surface area (Å²) in [7, 11) is 0. The first-order chi connectivity index (χ1) is 19.5. The van der Waals surface area contributed by atoms with E-state index in [1.807, 2.05) is 0 Å². The largest absolute Gasteiger partial charge is 0.481 e. The van der Waals surface area contributed by atoms with Gasteiger partial charge in [-0.25, -0.2) is 0 Å². The second-order valence-corrected chi connectivity index (χ2v) is 17.2. The smallest absolute Gasteiger partial charge is 0.310 e. The number of aliphatic hydroxyl groups is 3. The Labute approximate surface area is 252 Å². The SMILES string of the molecule is C[C@@H]1O[C@@H](O[C@H]2CC[C@]3(C)[C@H]4CCC5=C(CC[C@@]6(C(=O)O)CCC(C)(C)C[C@@H]56)[C@]4(C)CC[C@H]3C2(C)C)[C@H](O)[C@H](O)[C@H]1O. The quantitative estimate of drug-likeness (QED) is 0.242. The first-order valence-electron chi connectivity index (χ1n) is 16.8. The van der Waals surface area contributed by atoms with Crippen molar-refractivity contribution in [1.82, 2.24) is 0 Å². The van der Waals surface area contributed by atoms with Gasteiger partial charge in [0, 0.05) is 0 Å². The van der Waals surface area contributed by atoms with Crippen molar-refractivity contribution < 1.29 is 34.7 Å². The Morgan fingerprint density at radius 2 is 1.55 bits per heavy atom. The second kappa shape index (κ2) is 10.0. The van der Waals surface area contributed by atoms with Crippen molar-refractivity contribution in [2.24, 2.45) is 44.8 Å². The van der Waals surface area contributed by atoms with E-state index in [9.17, 15) is 25.2 Å². The highest BCUT2D eigenvalue weighted by Crippen LogP contribution is 2.71. The molecule has 0 aromatic carbocycles. The van der Waals surface area contributed by atoms with Crippen LogP contribution in [0.15, 0.2) is 11.1 Å². The molecule has 42 heavy (non-hydrogen) atoms. The molecule has 7 heteroatoms. The van der Waals surface area contributed by atoms with Crippen molar-refractivity contribution in [2.45, 2.75) is 156 Å². The molecule has 5 aliphatic carbocycles. The van der Waals surface area contributed by atoms with Gasteiger partial charge in [-0.3, -0.25) is 4.79 Å². The molecule has 4 N–H and O–H groups in total. The average Bonchev–Trinajstić information content (AvgIpc) is 2.91. The molecule has 0 amide bonds. The molecule has 0 bridgehead atoms. The van der Waals surface area contributed by atoms with Gasteiger partial charge < -0.3 is 29.9 Å². The summed E-state index contributed by atoms with van der Waals surface area (Å²) in [4.78, 5) is 12.8. The standard InChI is InChI=1S/C35H56O7/c1-19-26(36)27(37)28(38)29(41-19)42-25-12-14-34(7)23(32(25,4)5)11-13-33(6)21-10-15-35(30(39)40)17-16-31(2,3)18-22(35)20(21)8-9-24(33)34/h19,22-29,36-38H,8-18H2,1-7H3,(H,39,40)/t19-,22-,23-,24-,25-,26-,27+,28+,29-,33-,34-,35+/m0/s1. The fourth-order valence-corrected chi connectivity index (χ4v) is 11.8. The number of carbonyl (C=O) groups is 1. The predicted octanol–water partition coefficient (Wildman–Crippen LogP) is 5.84. The van der Waals surface area contributed by atoms with E-state index in [4.69, 9.17) is 9.47 Å². The summed E-state index contributed by atoms with van der Waals surface area (Å²) < 4.78 is 12.3. The van der Waals surface area contributed by atoms with Crippen LogP contribution in [0.4, 0.5) is 0 Å². The average molecular weight is 589 g/mol. The van der Waals surface area contributed by atoms with Gasteiger partial charge in [0.2, 0.25) is 0 Å². The lowest BCUT2D eigenvalue weighted by Crippen LogP contribution is -2.63. The molecule has 0 radical (unpaired) electrons. The Kier molecular flexibility index (Phi) is 7.39. The summed E-state index contributed by atoms with van der Waals surface area (Å²) in [5.41, 5.74) is 2.83. The summed E-state index contributed by atoms with van der Waals surface area (Å²) in [5, 5.41) is 41.8. The molecule has 6 aliphatic rings. The van der Waals surface area contributed by atoms with Crippen molar-refractivity contribution in [3.05, 3.63) is 11.1 Å². The van der Waals surface area contributed by atoms with E-state index in [0.29, 0.717) is 11.8 Å². The molecule has 0 aromatic rings. The Balaban J connectivity index is 1.27. The lowest BCUT2D eigenvalue weighted by molar-refractivity contribution is -0.323. The molecule has 0 aromatic heterocycles. The van der Waals surface area contributed by atoms with Crippen LogP contribution in [-0.2, 0) is 14.3 Å². The van der Waals surface area contributed by atoms with E-state index < -0.39 is 42.1 Å². The zero-order valence-corrected chi connectivity index (χ0v) is 27.0. The van der Waals surface area contributed by atoms with E-state index in [1.54, 1.807) is 12.5 Å². The van der Waals surface area contributed by atoms with Crippen LogP contribution in [0.3, 0.4) is 0 Å². The van der Waals surface area contributed by atoms with Crippen LogP contribution in [0, 0.1) is 44.8 Å².